The van der Waals surface area contributed by atoms with Gasteiger partial charge in [-0.25, -0.2) is 4.98 Å². The van der Waals surface area contributed by atoms with Crippen molar-refractivity contribution in [3.05, 3.63) is 62.9 Å². The summed E-state index contributed by atoms with van der Waals surface area (Å²) >= 11 is 7.45. The second-order valence-electron chi connectivity index (χ2n) is 7.61. The summed E-state index contributed by atoms with van der Waals surface area (Å²) in [5.41, 5.74) is 3.18. The molecule has 6 nitrogen and oxygen atoms in total. The molecule has 2 aromatic carbocycles. The number of fused-ring (bicyclic) bond motifs is 1. The third-order valence-electron chi connectivity index (χ3n) is 5.57. The van der Waals surface area contributed by atoms with Gasteiger partial charge in [-0.15, -0.1) is 0 Å². The molecule has 0 radical (unpaired) electrons. The first-order valence-corrected chi connectivity index (χ1v) is 11.4. The molecule has 1 fully saturated rings. The fraction of sp³-hybridized carbons (Fsp3) is 0.348. The zero-order valence-electron chi connectivity index (χ0n) is 17.7. The van der Waals surface area contributed by atoms with Gasteiger partial charge in [0.15, 0.2) is 5.16 Å². The number of nitrogens with zero attached hydrogens (tertiary/aromatic N) is 3. The number of aromatic nitrogens is 2. The molecule has 1 aliphatic rings. The summed E-state index contributed by atoms with van der Waals surface area (Å²) in [5, 5.41) is 1.07. The lowest BCUT2D eigenvalue weighted by Crippen LogP contribution is -2.44. The number of hydrogen-bond donors (Lipinski definition) is 0. The van der Waals surface area contributed by atoms with Crippen LogP contribution < -0.4 is 5.56 Å². The van der Waals surface area contributed by atoms with E-state index >= 15 is 0 Å². The van der Waals surface area contributed by atoms with Crippen molar-refractivity contribution in [2.24, 2.45) is 0 Å². The van der Waals surface area contributed by atoms with E-state index in [2.05, 4.69) is 0 Å². The van der Waals surface area contributed by atoms with Gasteiger partial charge in [0.25, 0.3) is 5.56 Å². The van der Waals surface area contributed by atoms with Crippen LogP contribution in [0.2, 0.25) is 5.02 Å². The van der Waals surface area contributed by atoms with Gasteiger partial charge in [-0.05, 0) is 56.2 Å². The summed E-state index contributed by atoms with van der Waals surface area (Å²) in [6.07, 6.45) is 0. The van der Waals surface area contributed by atoms with E-state index in [1.54, 1.807) is 27.7 Å². The molecule has 4 rings (SSSR count). The van der Waals surface area contributed by atoms with Crippen molar-refractivity contribution < 1.29 is 9.53 Å². The average Bonchev–Trinajstić information content (AvgIpc) is 2.76. The normalized spacial score (nSPS) is 15.3. The van der Waals surface area contributed by atoms with Crippen molar-refractivity contribution in [1.29, 1.82) is 0 Å². The minimum absolute atomic E-state index is 0.0151. The summed E-state index contributed by atoms with van der Waals surface area (Å²) in [6.45, 7) is 8.09. The van der Waals surface area contributed by atoms with Gasteiger partial charge in [-0.1, -0.05) is 35.5 Å². The van der Waals surface area contributed by atoms with Gasteiger partial charge < -0.3 is 9.64 Å². The van der Waals surface area contributed by atoms with Crippen LogP contribution in [0.1, 0.15) is 18.1 Å². The summed E-state index contributed by atoms with van der Waals surface area (Å²) in [5.74, 6) is 0.0151. The Morgan fingerprint density at radius 3 is 2.68 bits per heavy atom. The van der Waals surface area contributed by atoms with Crippen LogP contribution in [0.3, 0.4) is 0 Å². The molecule has 162 valence electrons. The van der Waals surface area contributed by atoms with Crippen LogP contribution in [0.5, 0.6) is 0 Å². The fourth-order valence-electron chi connectivity index (χ4n) is 3.66. The summed E-state index contributed by atoms with van der Waals surface area (Å²) in [7, 11) is 0. The molecule has 0 saturated carbocycles. The second kappa shape index (κ2) is 9.02. The predicted molar refractivity (Wildman–Crippen MR) is 125 cm³/mol. The van der Waals surface area contributed by atoms with E-state index in [0.29, 0.717) is 47.4 Å². The quantitative estimate of drug-likeness (QED) is 0.437. The van der Waals surface area contributed by atoms with Crippen LogP contribution in [0, 0.1) is 13.8 Å². The van der Waals surface area contributed by atoms with Crippen molar-refractivity contribution in [3.8, 4) is 5.69 Å². The van der Waals surface area contributed by atoms with Gasteiger partial charge in [0.2, 0.25) is 5.91 Å². The molecule has 1 amide bonds. The number of benzene rings is 2. The Morgan fingerprint density at radius 2 is 1.94 bits per heavy atom. The number of halogens is 1. The number of carbonyl (C=O) groups is 1. The summed E-state index contributed by atoms with van der Waals surface area (Å²) in [4.78, 5) is 33.1. The van der Waals surface area contributed by atoms with Crippen molar-refractivity contribution in [2.45, 2.75) is 31.2 Å². The van der Waals surface area contributed by atoms with Crippen LogP contribution in [0.25, 0.3) is 16.6 Å². The molecular formula is C23H24ClN3O3S. The molecule has 3 aromatic rings. The lowest BCUT2D eigenvalue weighted by Gasteiger charge is -2.29. The highest BCUT2D eigenvalue weighted by Crippen LogP contribution is 2.28. The number of carbonyl (C=O) groups excluding carboxylic acids is 1. The number of morpholine rings is 1. The molecule has 0 aliphatic carbocycles. The van der Waals surface area contributed by atoms with E-state index in [1.165, 1.54) is 11.8 Å². The van der Waals surface area contributed by atoms with Gasteiger partial charge in [0, 0.05) is 18.1 Å². The van der Waals surface area contributed by atoms with E-state index in [9.17, 15) is 9.59 Å². The topological polar surface area (TPSA) is 64.4 Å². The molecule has 1 atom stereocenters. The van der Waals surface area contributed by atoms with E-state index < -0.39 is 5.25 Å². The Labute approximate surface area is 190 Å². The minimum Gasteiger partial charge on any atom is -0.378 e. The zero-order valence-corrected chi connectivity index (χ0v) is 19.3. The number of amides is 1. The third-order valence-corrected chi connectivity index (χ3v) is 6.85. The maximum Gasteiger partial charge on any atom is 0.266 e. The van der Waals surface area contributed by atoms with Crippen LogP contribution >= 0.6 is 23.4 Å². The summed E-state index contributed by atoms with van der Waals surface area (Å²) in [6, 6.07) is 10.9. The smallest absolute Gasteiger partial charge is 0.266 e. The number of aryl methyl sites for hydroxylation is 1. The highest BCUT2D eigenvalue weighted by atomic mass is 35.5. The first-order chi connectivity index (χ1) is 14.9. The molecule has 0 spiro atoms. The van der Waals surface area contributed by atoms with Crippen LogP contribution in [-0.4, -0.2) is 51.9 Å². The molecule has 0 N–H and O–H groups in total. The molecule has 0 bridgehead atoms. The Balaban J connectivity index is 1.83. The van der Waals surface area contributed by atoms with E-state index in [-0.39, 0.29) is 11.5 Å². The largest absolute Gasteiger partial charge is 0.378 e. The van der Waals surface area contributed by atoms with Crippen LogP contribution in [-0.2, 0) is 9.53 Å². The molecule has 31 heavy (non-hydrogen) atoms. The van der Waals surface area contributed by atoms with Gasteiger partial charge in [0.05, 0.1) is 35.1 Å². The minimum atomic E-state index is -0.405. The molecule has 8 heteroatoms. The number of hydrogen-bond acceptors (Lipinski definition) is 5. The molecular weight excluding hydrogens is 434 g/mol. The van der Waals surface area contributed by atoms with Crippen molar-refractivity contribution >= 4 is 40.2 Å². The average molecular weight is 458 g/mol. The monoisotopic (exact) mass is 457 g/mol. The van der Waals surface area contributed by atoms with E-state index in [4.69, 9.17) is 21.3 Å². The van der Waals surface area contributed by atoms with Gasteiger partial charge in [-0.2, -0.15) is 0 Å². The predicted octanol–water partition coefficient (Wildman–Crippen LogP) is 4.00. The Morgan fingerprint density at radius 1 is 1.19 bits per heavy atom. The van der Waals surface area contributed by atoms with E-state index in [1.807, 2.05) is 39.0 Å². The summed E-state index contributed by atoms with van der Waals surface area (Å²) < 4.78 is 6.97. The molecule has 1 saturated heterocycles. The van der Waals surface area contributed by atoms with Crippen molar-refractivity contribution in [1.82, 2.24) is 14.5 Å². The molecule has 2 heterocycles. The number of rotatable bonds is 4. The first kappa shape index (κ1) is 21.9. The molecule has 1 aliphatic heterocycles. The lowest BCUT2D eigenvalue weighted by atomic mass is 10.1. The third kappa shape index (κ3) is 4.35. The SMILES string of the molecule is Cc1cccc(-n2c(SC(C)C(=O)N3CCOCC3)nc3cc(Cl)ccc3c2=O)c1C. The molecule has 1 aromatic heterocycles. The van der Waals surface area contributed by atoms with Gasteiger partial charge in [0.1, 0.15) is 0 Å². The number of thioether (sulfide) groups is 1. The second-order valence-corrected chi connectivity index (χ2v) is 9.36. The van der Waals surface area contributed by atoms with Crippen LogP contribution in [0.4, 0.5) is 0 Å². The van der Waals surface area contributed by atoms with Gasteiger partial charge >= 0.3 is 0 Å². The zero-order chi connectivity index (χ0) is 22.1. The van der Waals surface area contributed by atoms with Crippen LogP contribution in [0.15, 0.2) is 46.3 Å². The molecule has 1 unspecified atom stereocenters. The van der Waals surface area contributed by atoms with Gasteiger partial charge in [-0.3, -0.25) is 14.2 Å². The first-order valence-electron chi connectivity index (χ1n) is 10.2. The Hall–Kier alpha value is -2.35. The maximum absolute atomic E-state index is 13.5. The highest BCUT2D eigenvalue weighted by molar-refractivity contribution is 8.00. The Bertz CT molecular complexity index is 1200. The lowest BCUT2D eigenvalue weighted by molar-refractivity contribution is -0.134. The maximum atomic E-state index is 13.5. The van der Waals surface area contributed by atoms with E-state index in [0.717, 1.165) is 16.8 Å². The Kier molecular flexibility index (Phi) is 6.36. The van der Waals surface area contributed by atoms with Crippen molar-refractivity contribution in [2.75, 3.05) is 26.3 Å². The van der Waals surface area contributed by atoms with Crippen molar-refractivity contribution in [3.63, 3.8) is 0 Å². The highest BCUT2D eigenvalue weighted by Gasteiger charge is 2.26. The standard InChI is InChI=1S/C23H24ClN3O3S/c1-14-5-4-6-20(15(14)2)27-22(29)18-8-7-17(24)13-19(18)25-23(27)31-16(3)21(28)26-9-11-30-12-10-26/h4-8,13,16H,9-12H2,1-3H3. The number of ether oxygens (including phenoxy) is 1. The fourth-order valence-corrected chi connectivity index (χ4v) is 4.83.